The van der Waals surface area contributed by atoms with Crippen LogP contribution in [0, 0.1) is 0 Å². The molecular formula is C16H19N3O2. The largest absolute Gasteiger partial charge is 0.495 e. The zero-order valence-corrected chi connectivity index (χ0v) is 12.2. The molecule has 0 aromatic heterocycles. The molecule has 0 heterocycles. The number of nitrogens with zero attached hydrogens (tertiary/aromatic N) is 1. The van der Waals surface area contributed by atoms with Crippen molar-refractivity contribution in [3.63, 3.8) is 0 Å². The molecule has 5 nitrogen and oxygen atoms in total. The highest BCUT2D eigenvalue weighted by atomic mass is 16.5. The number of hydrogen-bond acceptors (Lipinski definition) is 4. The summed E-state index contributed by atoms with van der Waals surface area (Å²) in [5, 5.41) is 2.80. The van der Waals surface area contributed by atoms with E-state index in [0.29, 0.717) is 11.4 Å². The third kappa shape index (κ3) is 3.66. The van der Waals surface area contributed by atoms with Gasteiger partial charge in [0.2, 0.25) is 5.91 Å². The fourth-order valence-corrected chi connectivity index (χ4v) is 2.05. The van der Waals surface area contributed by atoms with Gasteiger partial charge >= 0.3 is 0 Å². The minimum atomic E-state index is -0.138. The van der Waals surface area contributed by atoms with Crippen LogP contribution < -0.4 is 20.7 Å². The van der Waals surface area contributed by atoms with Crippen LogP contribution in [-0.2, 0) is 4.79 Å². The minimum absolute atomic E-state index is 0.138. The van der Waals surface area contributed by atoms with Crippen LogP contribution in [0.3, 0.4) is 0 Å². The van der Waals surface area contributed by atoms with Crippen molar-refractivity contribution in [1.82, 2.24) is 0 Å². The molecule has 2 aromatic rings. The smallest absolute Gasteiger partial charge is 0.243 e. The molecule has 0 radical (unpaired) electrons. The summed E-state index contributed by atoms with van der Waals surface area (Å²) in [4.78, 5) is 13.9. The van der Waals surface area contributed by atoms with Crippen LogP contribution in [0.4, 0.5) is 17.1 Å². The van der Waals surface area contributed by atoms with Gasteiger partial charge in [-0.1, -0.05) is 24.3 Å². The second kappa shape index (κ2) is 6.65. The lowest BCUT2D eigenvalue weighted by Gasteiger charge is -2.21. The first-order chi connectivity index (χ1) is 10.1. The molecule has 2 rings (SSSR count). The molecule has 0 aliphatic carbocycles. The van der Waals surface area contributed by atoms with Gasteiger partial charge in [-0.25, -0.2) is 0 Å². The summed E-state index contributed by atoms with van der Waals surface area (Å²) >= 11 is 0. The second-order valence-electron chi connectivity index (χ2n) is 4.66. The second-order valence-corrected chi connectivity index (χ2v) is 4.66. The fourth-order valence-electron chi connectivity index (χ4n) is 2.05. The van der Waals surface area contributed by atoms with Crippen molar-refractivity contribution in [3.8, 4) is 5.75 Å². The quantitative estimate of drug-likeness (QED) is 0.828. The summed E-state index contributed by atoms with van der Waals surface area (Å²) in [6, 6.07) is 14.7. The summed E-state index contributed by atoms with van der Waals surface area (Å²) in [5.74, 6) is 0.591. The summed E-state index contributed by atoms with van der Waals surface area (Å²) in [5.41, 5.74) is 7.83. The molecule has 1 amide bonds. The van der Waals surface area contributed by atoms with Crippen molar-refractivity contribution in [1.29, 1.82) is 0 Å². The van der Waals surface area contributed by atoms with E-state index in [9.17, 15) is 4.79 Å². The number of para-hydroxylation sites is 4. The molecule has 0 saturated carbocycles. The van der Waals surface area contributed by atoms with Crippen molar-refractivity contribution in [3.05, 3.63) is 48.5 Å². The highest BCUT2D eigenvalue weighted by Crippen LogP contribution is 2.26. The number of nitrogen functional groups attached to an aromatic ring is 1. The van der Waals surface area contributed by atoms with E-state index in [0.717, 1.165) is 11.4 Å². The van der Waals surface area contributed by atoms with E-state index in [2.05, 4.69) is 5.32 Å². The van der Waals surface area contributed by atoms with E-state index in [-0.39, 0.29) is 12.5 Å². The van der Waals surface area contributed by atoms with E-state index in [4.69, 9.17) is 10.5 Å². The summed E-state index contributed by atoms with van der Waals surface area (Å²) in [6.45, 7) is 0.203. The first kappa shape index (κ1) is 14.7. The van der Waals surface area contributed by atoms with Crippen LogP contribution in [0.25, 0.3) is 0 Å². The van der Waals surface area contributed by atoms with E-state index < -0.39 is 0 Å². The van der Waals surface area contributed by atoms with Crippen molar-refractivity contribution in [2.75, 3.05) is 36.7 Å². The molecule has 110 valence electrons. The molecule has 0 unspecified atom stereocenters. The Hall–Kier alpha value is -2.69. The fraction of sp³-hybridized carbons (Fsp3) is 0.188. The van der Waals surface area contributed by atoms with Gasteiger partial charge in [-0.15, -0.1) is 0 Å². The van der Waals surface area contributed by atoms with Crippen LogP contribution in [0.15, 0.2) is 48.5 Å². The van der Waals surface area contributed by atoms with Crippen molar-refractivity contribution in [2.45, 2.75) is 0 Å². The number of ether oxygens (including phenoxy) is 1. The predicted molar refractivity (Wildman–Crippen MR) is 85.7 cm³/mol. The molecule has 0 spiro atoms. The molecule has 2 aromatic carbocycles. The monoisotopic (exact) mass is 285 g/mol. The molecule has 0 aliphatic heterocycles. The third-order valence-electron chi connectivity index (χ3n) is 3.11. The number of likely N-dealkylation sites (N-methyl/N-ethyl adjacent to an activating group) is 1. The van der Waals surface area contributed by atoms with Gasteiger partial charge in [0.1, 0.15) is 5.75 Å². The summed E-state index contributed by atoms with van der Waals surface area (Å²) < 4.78 is 5.29. The van der Waals surface area contributed by atoms with Gasteiger partial charge in [0, 0.05) is 7.05 Å². The Bertz CT molecular complexity index is 628. The Labute approximate surface area is 124 Å². The van der Waals surface area contributed by atoms with E-state index in [1.165, 1.54) is 0 Å². The topological polar surface area (TPSA) is 67.6 Å². The number of hydrogen-bond donors (Lipinski definition) is 2. The van der Waals surface area contributed by atoms with Crippen LogP contribution in [0.5, 0.6) is 5.75 Å². The maximum absolute atomic E-state index is 12.1. The number of nitrogens with one attached hydrogen (secondary N) is 1. The van der Waals surface area contributed by atoms with Gasteiger partial charge in [-0.05, 0) is 24.3 Å². The lowest BCUT2D eigenvalue weighted by Crippen LogP contribution is -2.30. The van der Waals surface area contributed by atoms with Crippen molar-refractivity contribution < 1.29 is 9.53 Å². The van der Waals surface area contributed by atoms with Crippen molar-refractivity contribution in [2.24, 2.45) is 0 Å². The van der Waals surface area contributed by atoms with Crippen LogP contribution in [-0.4, -0.2) is 26.6 Å². The predicted octanol–water partition coefficient (Wildman–Crippen LogP) is 2.35. The molecule has 0 fully saturated rings. The highest BCUT2D eigenvalue weighted by molar-refractivity contribution is 5.96. The maximum atomic E-state index is 12.1. The van der Waals surface area contributed by atoms with Gasteiger partial charge in [0.05, 0.1) is 30.7 Å². The number of amides is 1. The molecular weight excluding hydrogens is 266 g/mol. The molecule has 0 aliphatic rings. The van der Waals surface area contributed by atoms with Gasteiger partial charge in [0.15, 0.2) is 0 Å². The standard InChI is InChI=1S/C16H19N3O2/c1-19(14-9-5-6-10-15(14)21-2)11-16(20)18-13-8-4-3-7-12(13)17/h3-10H,11,17H2,1-2H3,(H,18,20). The molecule has 0 bridgehead atoms. The number of rotatable bonds is 5. The number of nitrogens with two attached hydrogens (primary N) is 1. The number of carbonyl (C=O) groups excluding carboxylic acids is 1. The molecule has 0 atom stereocenters. The SMILES string of the molecule is COc1ccccc1N(C)CC(=O)Nc1ccccc1N. The van der Waals surface area contributed by atoms with E-state index in [1.807, 2.05) is 48.3 Å². The molecule has 21 heavy (non-hydrogen) atoms. The summed E-state index contributed by atoms with van der Waals surface area (Å²) in [6.07, 6.45) is 0. The summed E-state index contributed by atoms with van der Waals surface area (Å²) in [7, 11) is 3.45. The highest BCUT2D eigenvalue weighted by Gasteiger charge is 2.12. The number of methoxy groups -OCH3 is 1. The average Bonchev–Trinajstić information content (AvgIpc) is 2.49. The molecule has 3 N–H and O–H groups in total. The van der Waals surface area contributed by atoms with E-state index >= 15 is 0 Å². The maximum Gasteiger partial charge on any atom is 0.243 e. The van der Waals surface area contributed by atoms with Gasteiger partial charge < -0.3 is 20.7 Å². The van der Waals surface area contributed by atoms with Gasteiger partial charge in [-0.2, -0.15) is 0 Å². The number of benzene rings is 2. The first-order valence-corrected chi connectivity index (χ1v) is 6.60. The Morgan fingerprint density at radius 2 is 1.86 bits per heavy atom. The average molecular weight is 285 g/mol. The zero-order chi connectivity index (χ0) is 15.2. The van der Waals surface area contributed by atoms with Crippen molar-refractivity contribution >= 4 is 23.0 Å². The normalized spacial score (nSPS) is 10.0. The Morgan fingerprint density at radius 1 is 1.19 bits per heavy atom. The molecule has 0 saturated heterocycles. The third-order valence-corrected chi connectivity index (χ3v) is 3.11. The lowest BCUT2D eigenvalue weighted by molar-refractivity contribution is -0.114. The van der Waals surface area contributed by atoms with Gasteiger partial charge in [0.25, 0.3) is 0 Å². The van der Waals surface area contributed by atoms with E-state index in [1.54, 1.807) is 19.2 Å². The van der Waals surface area contributed by atoms with Gasteiger partial charge in [-0.3, -0.25) is 4.79 Å². The first-order valence-electron chi connectivity index (χ1n) is 6.60. The Kier molecular flexibility index (Phi) is 4.66. The minimum Gasteiger partial charge on any atom is -0.495 e. The molecule has 5 heteroatoms. The van der Waals surface area contributed by atoms with Crippen LogP contribution in [0.1, 0.15) is 0 Å². The Morgan fingerprint density at radius 3 is 2.57 bits per heavy atom. The zero-order valence-electron chi connectivity index (χ0n) is 12.2. The van der Waals surface area contributed by atoms with Crippen LogP contribution in [0.2, 0.25) is 0 Å². The lowest BCUT2D eigenvalue weighted by atomic mass is 10.2. The number of carbonyl (C=O) groups is 1. The van der Waals surface area contributed by atoms with Crippen LogP contribution >= 0.6 is 0 Å². The Balaban J connectivity index is 2.04. The number of anilines is 3.